The van der Waals surface area contributed by atoms with E-state index in [9.17, 15) is 4.79 Å². The van der Waals surface area contributed by atoms with E-state index in [2.05, 4.69) is 0 Å². The maximum absolute atomic E-state index is 11.9. The molecule has 0 atom stereocenters. The quantitative estimate of drug-likeness (QED) is 0.784. The minimum absolute atomic E-state index is 0.0129. The zero-order valence-corrected chi connectivity index (χ0v) is 11.5. The van der Waals surface area contributed by atoms with Crippen molar-refractivity contribution in [2.75, 3.05) is 20.3 Å². The van der Waals surface area contributed by atoms with Crippen LogP contribution >= 0.6 is 0 Å². The van der Waals surface area contributed by atoms with Crippen molar-refractivity contribution in [1.29, 1.82) is 0 Å². The predicted molar refractivity (Wildman–Crippen MR) is 71.1 cm³/mol. The number of methoxy groups -OCH3 is 1. The van der Waals surface area contributed by atoms with Crippen molar-refractivity contribution in [3.05, 3.63) is 29.3 Å². The number of esters is 1. The fourth-order valence-corrected chi connectivity index (χ4v) is 2.16. The third-order valence-corrected chi connectivity index (χ3v) is 3.41. The van der Waals surface area contributed by atoms with E-state index in [0.29, 0.717) is 19.8 Å². The standard InChI is InChI=1S/C15H20O4/c1-11-3-4-12(9-14(11)17-2)10-19-15(16)13-5-7-18-8-6-13/h3-4,9,13H,5-8,10H2,1-2H3. The van der Waals surface area contributed by atoms with Crippen LogP contribution in [0.15, 0.2) is 18.2 Å². The normalized spacial score (nSPS) is 16.1. The molecule has 0 unspecified atom stereocenters. The van der Waals surface area contributed by atoms with Crippen LogP contribution in [0, 0.1) is 12.8 Å². The van der Waals surface area contributed by atoms with Gasteiger partial charge in [0.15, 0.2) is 0 Å². The second kappa shape index (κ2) is 6.57. The first-order valence-corrected chi connectivity index (χ1v) is 6.58. The van der Waals surface area contributed by atoms with Gasteiger partial charge in [-0.2, -0.15) is 0 Å². The van der Waals surface area contributed by atoms with E-state index in [1.54, 1.807) is 7.11 Å². The molecule has 2 rings (SSSR count). The number of hydrogen-bond acceptors (Lipinski definition) is 4. The van der Waals surface area contributed by atoms with Gasteiger partial charge in [-0.1, -0.05) is 12.1 Å². The lowest BCUT2D eigenvalue weighted by molar-refractivity contribution is -0.153. The smallest absolute Gasteiger partial charge is 0.309 e. The Morgan fingerprint density at radius 3 is 2.79 bits per heavy atom. The SMILES string of the molecule is COc1cc(COC(=O)C2CCOCC2)ccc1C. The zero-order chi connectivity index (χ0) is 13.7. The molecule has 1 saturated heterocycles. The van der Waals surface area contributed by atoms with Gasteiger partial charge in [-0.15, -0.1) is 0 Å². The van der Waals surface area contributed by atoms with E-state index in [4.69, 9.17) is 14.2 Å². The molecule has 1 heterocycles. The van der Waals surface area contributed by atoms with Crippen LogP contribution in [0.1, 0.15) is 24.0 Å². The lowest BCUT2D eigenvalue weighted by atomic mass is 10.0. The van der Waals surface area contributed by atoms with Crippen molar-refractivity contribution in [1.82, 2.24) is 0 Å². The maximum atomic E-state index is 11.9. The van der Waals surface area contributed by atoms with Gasteiger partial charge in [0.25, 0.3) is 0 Å². The molecule has 0 aromatic heterocycles. The van der Waals surface area contributed by atoms with Crippen molar-refractivity contribution in [3.8, 4) is 5.75 Å². The van der Waals surface area contributed by atoms with Crippen LogP contribution in [0.2, 0.25) is 0 Å². The van der Waals surface area contributed by atoms with Crippen LogP contribution in [-0.2, 0) is 20.9 Å². The number of aryl methyl sites for hydroxylation is 1. The number of rotatable bonds is 4. The highest BCUT2D eigenvalue weighted by molar-refractivity contribution is 5.72. The summed E-state index contributed by atoms with van der Waals surface area (Å²) in [6.07, 6.45) is 1.52. The minimum Gasteiger partial charge on any atom is -0.496 e. The zero-order valence-electron chi connectivity index (χ0n) is 11.5. The van der Waals surface area contributed by atoms with Gasteiger partial charge in [-0.3, -0.25) is 4.79 Å². The van der Waals surface area contributed by atoms with Crippen LogP contribution in [-0.4, -0.2) is 26.3 Å². The Kier molecular flexibility index (Phi) is 4.80. The number of benzene rings is 1. The van der Waals surface area contributed by atoms with Gasteiger partial charge >= 0.3 is 5.97 Å². The molecule has 4 nitrogen and oxygen atoms in total. The van der Waals surface area contributed by atoms with Gasteiger partial charge in [0, 0.05) is 13.2 Å². The summed E-state index contributed by atoms with van der Waals surface area (Å²) in [4.78, 5) is 11.9. The minimum atomic E-state index is -0.122. The molecule has 1 aliphatic heterocycles. The summed E-state index contributed by atoms with van der Waals surface area (Å²) < 4.78 is 15.8. The van der Waals surface area contributed by atoms with E-state index in [0.717, 1.165) is 29.7 Å². The second-order valence-corrected chi connectivity index (χ2v) is 4.80. The fourth-order valence-electron chi connectivity index (χ4n) is 2.16. The first-order valence-electron chi connectivity index (χ1n) is 6.58. The van der Waals surface area contributed by atoms with Gasteiger partial charge in [-0.25, -0.2) is 0 Å². The summed E-state index contributed by atoms with van der Waals surface area (Å²) in [5.74, 6) is 0.684. The van der Waals surface area contributed by atoms with Crippen LogP contribution in [0.5, 0.6) is 5.75 Å². The highest BCUT2D eigenvalue weighted by Crippen LogP contribution is 2.21. The summed E-state index contributed by atoms with van der Waals surface area (Å²) in [6, 6.07) is 5.83. The topological polar surface area (TPSA) is 44.8 Å². The summed E-state index contributed by atoms with van der Waals surface area (Å²) in [5.41, 5.74) is 2.02. The Hall–Kier alpha value is -1.55. The number of carbonyl (C=O) groups excluding carboxylic acids is 1. The molecular formula is C15H20O4. The third kappa shape index (κ3) is 3.70. The van der Waals surface area contributed by atoms with Crippen molar-refractivity contribution in [2.45, 2.75) is 26.4 Å². The third-order valence-electron chi connectivity index (χ3n) is 3.41. The Morgan fingerprint density at radius 1 is 1.37 bits per heavy atom. The predicted octanol–water partition coefficient (Wildman–Crippen LogP) is 2.47. The number of carbonyl (C=O) groups is 1. The molecule has 1 aliphatic rings. The van der Waals surface area contributed by atoms with Gasteiger partial charge in [0.1, 0.15) is 12.4 Å². The highest BCUT2D eigenvalue weighted by Gasteiger charge is 2.22. The van der Waals surface area contributed by atoms with Crippen LogP contribution in [0.25, 0.3) is 0 Å². The lowest BCUT2D eigenvalue weighted by Gasteiger charge is -2.20. The Bertz CT molecular complexity index is 436. The monoisotopic (exact) mass is 264 g/mol. The molecule has 1 fully saturated rings. The van der Waals surface area contributed by atoms with Crippen LogP contribution in [0.3, 0.4) is 0 Å². The van der Waals surface area contributed by atoms with E-state index in [1.165, 1.54) is 0 Å². The summed E-state index contributed by atoms with van der Waals surface area (Å²) >= 11 is 0. The molecule has 0 spiro atoms. The van der Waals surface area contributed by atoms with E-state index >= 15 is 0 Å². The molecule has 1 aromatic rings. The molecule has 0 N–H and O–H groups in total. The molecule has 0 radical (unpaired) electrons. The molecule has 0 aliphatic carbocycles. The van der Waals surface area contributed by atoms with Crippen molar-refractivity contribution in [2.24, 2.45) is 5.92 Å². The highest BCUT2D eigenvalue weighted by atomic mass is 16.5. The van der Waals surface area contributed by atoms with Gasteiger partial charge < -0.3 is 14.2 Å². The molecule has 19 heavy (non-hydrogen) atoms. The second-order valence-electron chi connectivity index (χ2n) is 4.80. The van der Waals surface area contributed by atoms with Gasteiger partial charge in [0.2, 0.25) is 0 Å². The average Bonchev–Trinajstić information content (AvgIpc) is 2.47. The van der Waals surface area contributed by atoms with E-state index in [-0.39, 0.29) is 11.9 Å². The average molecular weight is 264 g/mol. The van der Waals surface area contributed by atoms with Crippen molar-refractivity contribution < 1.29 is 19.0 Å². The van der Waals surface area contributed by atoms with Crippen molar-refractivity contribution >= 4 is 5.97 Å². The van der Waals surface area contributed by atoms with E-state index in [1.807, 2.05) is 25.1 Å². The Morgan fingerprint density at radius 2 is 2.11 bits per heavy atom. The van der Waals surface area contributed by atoms with E-state index < -0.39 is 0 Å². The molecule has 4 heteroatoms. The molecule has 104 valence electrons. The number of hydrogen-bond donors (Lipinski definition) is 0. The lowest BCUT2D eigenvalue weighted by Crippen LogP contribution is -2.25. The molecule has 0 saturated carbocycles. The Balaban J connectivity index is 1.89. The summed E-state index contributed by atoms with van der Waals surface area (Å²) in [6.45, 7) is 3.58. The molecular weight excluding hydrogens is 244 g/mol. The van der Waals surface area contributed by atoms with Gasteiger partial charge in [0.05, 0.1) is 13.0 Å². The van der Waals surface area contributed by atoms with Crippen molar-refractivity contribution in [3.63, 3.8) is 0 Å². The van der Waals surface area contributed by atoms with Crippen LogP contribution in [0.4, 0.5) is 0 Å². The summed E-state index contributed by atoms with van der Waals surface area (Å²) in [7, 11) is 1.64. The maximum Gasteiger partial charge on any atom is 0.309 e. The largest absolute Gasteiger partial charge is 0.496 e. The van der Waals surface area contributed by atoms with Gasteiger partial charge in [-0.05, 0) is 37.0 Å². The van der Waals surface area contributed by atoms with Crippen LogP contribution < -0.4 is 4.74 Å². The first kappa shape index (κ1) is 13.9. The fraction of sp³-hybridized carbons (Fsp3) is 0.533. The Labute approximate surface area is 113 Å². The molecule has 0 amide bonds. The molecule has 0 bridgehead atoms. The summed E-state index contributed by atoms with van der Waals surface area (Å²) in [5, 5.41) is 0. The first-order chi connectivity index (χ1) is 9.20. The number of ether oxygens (including phenoxy) is 3. The molecule has 1 aromatic carbocycles.